The van der Waals surface area contributed by atoms with Crippen molar-refractivity contribution in [1.82, 2.24) is 78.7 Å². The van der Waals surface area contributed by atoms with E-state index in [2.05, 4.69) is 104 Å². The highest BCUT2D eigenvalue weighted by molar-refractivity contribution is 7.80. The number of carbonyl (C=O) groups is 16. The number of aliphatic carboxylic acids is 2. The molecule has 0 spiro atoms. The fourth-order valence-corrected chi connectivity index (χ4v) is 12.5. The van der Waals surface area contributed by atoms with Crippen molar-refractivity contribution in [2.24, 2.45) is 45.5 Å². The number of nitrogens with zero attached hydrogens (tertiary/aromatic N) is 3. The third-order valence-electron chi connectivity index (χ3n) is 18.3. The molecule has 0 radical (unpaired) electrons. The molecule has 0 saturated carbocycles. The zero-order chi connectivity index (χ0) is 86.3. The van der Waals surface area contributed by atoms with Crippen LogP contribution in [0.25, 0.3) is 0 Å². The number of carbonyl (C=O) groups excluding carboxylic acids is 14. The number of imidazole rings is 1. The lowest BCUT2D eigenvalue weighted by molar-refractivity contribution is -0.142. The van der Waals surface area contributed by atoms with Gasteiger partial charge in [-0.05, 0) is 119 Å². The van der Waals surface area contributed by atoms with Crippen LogP contribution in [0.2, 0.25) is 0 Å². The zero-order valence-corrected chi connectivity index (χ0v) is 67.4. The van der Waals surface area contributed by atoms with Crippen molar-refractivity contribution >= 4 is 126 Å². The van der Waals surface area contributed by atoms with Crippen molar-refractivity contribution in [2.75, 3.05) is 37.7 Å². The molecule has 13 atom stereocenters. The van der Waals surface area contributed by atoms with E-state index in [4.69, 9.17) is 28.7 Å². The number of nitrogens with two attached hydrogens (primary N) is 5. The topological polar surface area (TPSA) is 653 Å². The zero-order valence-electron chi connectivity index (χ0n) is 65.6. The maximum absolute atomic E-state index is 14.7. The Morgan fingerprint density at radius 1 is 0.534 bits per heavy atom. The number of aromatic nitrogens is 2. The first-order valence-corrected chi connectivity index (χ1v) is 39.4. The molecule has 0 bridgehead atoms. The number of likely N-dealkylation sites (tertiary alicyclic amines) is 1. The number of benzene rings is 2. The van der Waals surface area contributed by atoms with E-state index in [1.165, 1.54) is 48.6 Å². The molecule has 2 heterocycles. The maximum Gasteiger partial charge on any atom is 0.326 e. The Morgan fingerprint density at radius 2 is 1.00 bits per heavy atom. The first kappa shape index (κ1) is 97.2. The summed E-state index contributed by atoms with van der Waals surface area (Å²) in [5.74, 6) is -16.8. The van der Waals surface area contributed by atoms with Crippen molar-refractivity contribution in [3.05, 3.63) is 83.9 Å². The number of guanidine groups is 1. The Kier molecular flexibility index (Phi) is 42.1. The van der Waals surface area contributed by atoms with Crippen molar-refractivity contribution < 1.29 is 92.0 Å². The number of aromatic amines is 1. The lowest BCUT2D eigenvalue weighted by atomic mass is 10.0. The predicted molar refractivity (Wildman–Crippen MR) is 429 cm³/mol. The number of hydrogen-bond donors (Lipinski definition) is 23. The number of rotatable bonds is 52. The summed E-state index contributed by atoms with van der Waals surface area (Å²) in [7, 11) is 0. The Bertz CT molecular complexity index is 3840. The van der Waals surface area contributed by atoms with Gasteiger partial charge in [-0.15, -0.1) is 0 Å². The highest BCUT2D eigenvalue weighted by Gasteiger charge is 2.40. The average Bonchev–Trinajstić information content (AvgIpc) is 1.54. The van der Waals surface area contributed by atoms with Crippen LogP contribution in [0.3, 0.4) is 0 Å². The minimum absolute atomic E-state index is 0.0313. The summed E-state index contributed by atoms with van der Waals surface area (Å²) in [6.45, 7) is 7.94. The van der Waals surface area contributed by atoms with Gasteiger partial charge in [-0.2, -0.15) is 25.3 Å². The summed E-state index contributed by atoms with van der Waals surface area (Å²) in [6, 6.07) is -4.53. The van der Waals surface area contributed by atoms with Crippen LogP contribution < -0.4 is 92.5 Å². The van der Waals surface area contributed by atoms with Crippen molar-refractivity contribution in [3.8, 4) is 5.75 Å². The number of phenols is 1. The third-order valence-corrected chi connectivity index (χ3v) is 19.1. The molecule has 40 nitrogen and oxygen atoms in total. The van der Waals surface area contributed by atoms with Gasteiger partial charge in [0, 0.05) is 68.6 Å². The third kappa shape index (κ3) is 34.9. The predicted octanol–water partition coefficient (Wildman–Crippen LogP) is -4.72. The number of phenolic OH excluding ortho intramolecular Hbond substituents is 1. The van der Waals surface area contributed by atoms with E-state index in [0.29, 0.717) is 24.0 Å². The molecule has 2 aromatic carbocycles. The standard InChI is InChI=1S/C74H113N21O19S2/c1-39(2)29-51(68(108)94-56(37-116)71(111)88-50(23-25-60(99)100)65(105)86-47(15-9-10-26-75)64(104)90-53(31-43-18-20-45(96)21-19-43)69(109)93-55(73(113)114)32-42-13-7-6-8-14-42)89-70(110)54(33-44-34-80-38-83-44)91-66(106)49(22-24-58(77)97)87-67(107)52(30-40(3)4)92-72(112)57-17-12-28-95(57)59(98)35-82-61(101)41(5)84-63(103)48(16-11-27-81-74(78)79)85-62(102)46(76)36-115/h6-8,13-14,18-21,34,38-41,46-57,96,115-116H,9-12,15-17,22-33,35-37,75-76H2,1-5H3,(H2,77,97)(H,80,83)(H,82,101)(H,84,103)(H,85,102)(H,86,105)(H,87,107)(H,88,111)(H,89,110)(H,90,104)(H,91,106)(H,92,112)(H,93,109)(H,94,108)(H,99,100)(H,113,114)(H4,78,79,81)/t41-,46-,47-,48-,49-,50-,51-,52-,53-,54-,55-,56-,57-/m0/s1. The normalized spacial score (nSPS) is 15.5. The largest absolute Gasteiger partial charge is 0.508 e. The number of amides is 14. The van der Waals surface area contributed by atoms with Crippen LogP contribution in [-0.2, 0) is 96.0 Å². The summed E-state index contributed by atoms with van der Waals surface area (Å²) in [4.78, 5) is 232. The van der Waals surface area contributed by atoms with Gasteiger partial charge in [-0.1, -0.05) is 70.2 Å². The second-order valence-electron chi connectivity index (χ2n) is 28.9. The molecular formula is C74H113N21O19S2. The van der Waals surface area contributed by atoms with Crippen LogP contribution in [0.5, 0.6) is 5.75 Å². The van der Waals surface area contributed by atoms with E-state index < -0.39 is 211 Å². The summed E-state index contributed by atoms with van der Waals surface area (Å²) in [6.07, 6.45) is 0.748. The highest BCUT2D eigenvalue weighted by atomic mass is 32.1. The van der Waals surface area contributed by atoms with Crippen LogP contribution in [0.4, 0.5) is 0 Å². The Morgan fingerprint density at radius 3 is 1.52 bits per heavy atom. The smallest absolute Gasteiger partial charge is 0.326 e. The van der Waals surface area contributed by atoms with Gasteiger partial charge in [-0.3, -0.25) is 76.9 Å². The van der Waals surface area contributed by atoms with Gasteiger partial charge < -0.3 is 118 Å². The molecule has 1 aromatic heterocycles. The summed E-state index contributed by atoms with van der Waals surface area (Å²) in [5.41, 5.74) is 29.2. The molecule has 26 N–H and O–H groups in total. The molecule has 116 heavy (non-hydrogen) atoms. The van der Waals surface area contributed by atoms with Crippen molar-refractivity contribution in [1.29, 1.82) is 0 Å². The van der Waals surface area contributed by atoms with Gasteiger partial charge >= 0.3 is 11.9 Å². The fraction of sp³-hybridized carbons (Fsp3) is 0.568. The van der Waals surface area contributed by atoms with Crippen LogP contribution >= 0.6 is 25.3 Å². The van der Waals surface area contributed by atoms with Crippen LogP contribution in [-0.4, -0.2) is 247 Å². The Labute approximate surface area is 682 Å². The molecule has 14 amide bonds. The summed E-state index contributed by atoms with van der Waals surface area (Å²) < 4.78 is 0. The van der Waals surface area contributed by atoms with Gasteiger partial charge in [0.05, 0.1) is 18.9 Å². The molecule has 0 unspecified atom stereocenters. The second kappa shape index (κ2) is 50.3. The van der Waals surface area contributed by atoms with Gasteiger partial charge in [0.25, 0.3) is 0 Å². The van der Waals surface area contributed by atoms with Gasteiger partial charge in [-0.25, -0.2) is 9.78 Å². The molecule has 1 aliphatic heterocycles. The number of carboxylic acid groups (broad SMARTS) is 2. The number of unbranched alkanes of at least 4 members (excludes halogenated alkanes) is 1. The number of primary amides is 1. The maximum atomic E-state index is 14.7. The summed E-state index contributed by atoms with van der Waals surface area (Å²) >= 11 is 8.33. The van der Waals surface area contributed by atoms with E-state index in [1.54, 1.807) is 58.0 Å². The minimum Gasteiger partial charge on any atom is -0.508 e. The second-order valence-corrected chi connectivity index (χ2v) is 29.6. The van der Waals surface area contributed by atoms with Gasteiger partial charge in [0.2, 0.25) is 82.7 Å². The Hall–Kier alpha value is -11.1. The first-order valence-electron chi connectivity index (χ1n) is 38.1. The highest BCUT2D eigenvalue weighted by Crippen LogP contribution is 2.20. The number of H-pyrrole nitrogens is 1. The van der Waals surface area contributed by atoms with Crippen LogP contribution in [0, 0.1) is 11.8 Å². The number of thiol groups is 2. The van der Waals surface area contributed by atoms with E-state index >= 15 is 0 Å². The van der Waals surface area contributed by atoms with Crippen molar-refractivity contribution in [3.63, 3.8) is 0 Å². The number of aliphatic imine (C=N–C) groups is 1. The van der Waals surface area contributed by atoms with Gasteiger partial charge in [0.15, 0.2) is 5.96 Å². The van der Waals surface area contributed by atoms with Gasteiger partial charge in [0.1, 0.15) is 78.3 Å². The minimum atomic E-state index is -1.73. The average molecular weight is 1660 g/mol. The Balaban J connectivity index is 1.53. The number of carboxylic acids is 2. The SMILES string of the molecule is CC(C)C[C@H](NC(=O)[C@H](Cc1cnc[nH]1)NC(=O)[C@H](CCC(N)=O)NC(=O)[C@H](CC(C)C)NC(=O)[C@@H]1CCCN1C(=O)CNC(=O)[C@H](C)NC(=O)[C@H](CCCN=C(N)N)NC(=O)[C@@H](N)CS)C(=O)N[C@@H](CS)C(=O)N[C@@H](CCC(=O)O)C(=O)N[C@@H](CCCCN)C(=O)N[C@@H](Cc1ccc(O)cc1)C(=O)N[C@@H](Cc1ccccc1)C(=O)O. The lowest BCUT2D eigenvalue weighted by Crippen LogP contribution is -2.61. The van der Waals surface area contributed by atoms with E-state index in [-0.39, 0.29) is 119 Å². The fourth-order valence-electron chi connectivity index (χ4n) is 12.1. The molecule has 42 heteroatoms. The molecule has 4 rings (SSSR count). The van der Waals surface area contributed by atoms with Crippen LogP contribution in [0.1, 0.15) is 135 Å². The first-order chi connectivity index (χ1) is 54.9. The van der Waals surface area contributed by atoms with E-state index in [1.807, 2.05) is 0 Å². The van der Waals surface area contributed by atoms with E-state index in [9.17, 15) is 92.0 Å². The number of aromatic hydroxyl groups is 1. The summed E-state index contributed by atoms with van der Waals surface area (Å²) in [5, 5.41) is 60.5. The quantitative estimate of drug-likeness (QED) is 0.0109. The molecule has 1 fully saturated rings. The number of hydrogen-bond acceptors (Lipinski definition) is 23. The molecule has 640 valence electrons. The number of nitrogens with one attached hydrogen (secondary N) is 13. The van der Waals surface area contributed by atoms with E-state index in [0.717, 1.165) is 0 Å². The van der Waals surface area contributed by atoms with Crippen LogP contribution in [0.15, 0.2) is 72.1 Å². The molecular weight excluding hydrogens is 1550 g/mol. The lowest BCUT2D eigenvalue weighted by Gasteiger charge is -2.29. The monoisotopic (exact) mass is 1660 g/mol. The molecule has 3 aromatic rings. The molecule has 0 aliphatic carbocycles. The molecule has 1 saturated heterocycles. The van der Waals surface area contributed by atoms with Crippen molar-refractivity contribution in [2.45, 2.75) is 216 Å². The molecule has 1 aliphatic rings.